The van der Waals surface area contributed by atoms with E-state index in [-0.39, 0.29) is 5.91 Å². The van der Waals surface area contributed by atoms with Gasteiger partial charge in [-0.1, -0.05) is 0 Å². The Labute approximate surface area is 91.3 Å². The summed E-state index contributed by atoms with van der Waals surface area (Å²) in [4.78, 5) is 12.9. The highest BCUT2D eigenvalue weighted by Gasteiger charge is 2.18. The molecule has 1 aromatic heterocycles. The van der Waals surface area contributed by atoms with Crippen molar-refractivity contribution in [2.24, 2.45) is 0 Å². The maximum atomic E-state index is 11.4. The van der Waals surface area contributed by atoms with Crippen molar-refractivity contribution in [3.8, 4) is 0 Å². The van der Waals surface area contributed by atoms with E-state index in [1.807, 2.05) is 13.3 Å². The minimum absolute atomic E-state index is 0.135. The van der Waals surface area contributed by atoms with E-state index in [1.165, 1.54) is 23.1 Å². The van der Waals surface area contributed by atoms with E-state index >= 15 is 0 Å². The van der Waals surface area contributed by atoms with E-state index in [1.54, 1.807) is 7.05 Å². The van der Waals surface area contributed by atoms with Gasteiger partial charge in [0.15, 0.2) is 0 Å². The van der Waals surface area contributed by atoms with Gasteiger partial charge < -0.3 is 16.4 Å². The van der Waals surface area contributed by atoms with Gasteiger partial charge >= 0.3 is 0 Å². The van der Waals surface area contributed by atoms with E-state index in [9.17, 15) is 4.79 Å². The summed E-state index contributed by atoms with van der Waals surface area (Å²) in [5.41, 5.74) is 6.42. The molecule has 14 heavy (non-hydrogen) atoms. The third-order valence-corrected chi connectivity index (χ3v) is 3.95. The van der Waals surface area contributed by atoms with E-state index in [0.29, 0.717) is 10.6 Å². The van der Waals surface area contributed by atoms with Crippen molar-refractivity contribution in [1.29, 1.82) is 0 Å². The van der Waals surface area contributed by atoms with Crippen molar-refractivity contribution in [1.82, 2.24) is 5.32 Å². The number of rotatable bonds is 3. The molecule has 1 heterocycles. The third-order valence-electron chi connectivity index (χ3n) is 1.76. The molecule has 0 saturated carbocycles. The highest BCUT2D eigenvalue weighted by molar-refractivity contribution is 7.99. The minimum Gasteiger partial charge on any atom is -0.396 e. The summed E-state index contributed by atoms with van der Waals surface area (Å²) in [7, 11) is 3.41. The average Bonchev–Trinajstić information content (AvgIpc) is 2.53. The van der Waals surface area contributed by atoms with E-state index < -0.39 is 0 Å². The Balaban J connectivity index is 3.20. The van der Waals surface area contributed by atoms with Crippen LogP contribution in [0.2, 0.25) is 0 Å². The highest BCUT2D eigenvalue weighted by Crippen LogP contribution is 2.41. The number of carbonyl (C=O) groups excluding carboxylic acids is 1. The van der Waals surface area contributed by atoms with Crippen LogP contribution in [0.3, 0.4) is 0 Å². The van der Waals surface area contributed by atoms with Gasteiger partial charge in [0.2, 0.25) is 0 Å². The monoisotopic (exact) mass is 231 g/mol. The Morgan fingerprint density at radius 3 is 2.50 bits per heavy atom. The van der Waals surface area contributed by atoms with Gasteiger partial charge in [0.1, 0.15) is 9.88 Å². The molecule has 0 saturated heterocycles. The maximum Gasteiger partial charge on any atom is 0.263 e. The quantitative estimate of drug-likeness (QED) is 0.689. The Bertz CT molecular complexity index is 349. The standard InChI is InChI=1S/C8H13N3OS2/c1-10-7(12)5-4(9)6(13-3)8(11-2)14-5/h11H,9H2,1-3H3,(H,10,12). The molecule has 4 N–H and O–H groups in total. The normalized spacial score (nSPS) is 9.93. The molecule has 0 atom stereocenters. The predicted octanol–water partition coefficient (Wildman–Crippen LogP) is 1.45. The fourth-order valence-electron chi connectivity index (χ4n) is 1.08. The molecular formula is C8H13N3OS2. The summed E-state index contributed by atoms with van der Waals surface area (Å²) in [6.45, 7) is 0. The molecule has 6 heteroatoms. The largest absolute Gasteiger partial charge is 0.396 e. The second kappa shape index (κ2) is 4.56. The first-order valence-corrected chi connectivity index (χ1v) is 6.05. The van der Waals surface area contributed by atoms with Crippen LogP contribution in [0.15, 0.2) is 4.90 Å². The summed E-state index contributed by atoms with van der Waals surface area (Å²) in [5, 5.41) is 6.53. The van der Waals surface area contributed by atoms with Gasteiger partial charge in [0.05, 0.1) is 10.6 Å². The van der Waals surface area contributed by atoms with Gasteiger partial charge in [0, 0.05) is 14.1 Å². The molecule has 0 aliphatic carbocycles. The van der Waals surface area contributed by atoms with Gasteiger partial charge in [-0.25, -0.2) is 0 Å². The summed E-state index contributed by atoms with van der Waals surface area (Å²) in [6, 6.07) is 0. The Morgan fingerprint density at radius 1 is 1.50 bits per heavy atom. The Hall–Kier alpha value is -0.880. The number of nitrogens with one attached hydrogen (secondary N) is 2. The van der Waals surface area contributed by atoms with Crippen LogP contribution >= 0.6 is 23.1 Å². The number of nitrogens with two attached hydrogens (primary N) is 1. The summed E-state index contributed by atoms with van der Waals surface area (Å²) < 4.78 is 0. The Morgan fingerprint density at radius 2 is 2.14 bits per heavy atom. The SMILES string of the molecule is CNC(=O)c1sc(NC)c(SC)c1N. The lowest BCUT2D eigenvalue weighted by atomic mass is 10.4. The summed E-state index contributed by atoms with van der Waals surface area (Å²) in [5.74, 6) is -0.135. The Kier molecular flexibility index (Phi) is 3.65. The number of hydrogen-bond donors (Lipinski definition) is 3. The van der Waals surface area contributed by atoms with E-state index in [0.717, 1.165) is 9.90 Å². The number of hydrogen-bond acceptors (Lipinski definition) is 5. The van der Waals surface area contributed by atoms with Crippen molar-refractivity contribution in [3.05, 3.63) is 4.88 Å². The molecule has 0 aromatic carbocycles. The zero-order valence-corrected chi connectivity index (χ0v) is 9.94. The first kappa shape index (κ1) is 11.2. The number of amides is 1. The van der Waals surface area contributed by atoms with E-state index in [4.69, 9.17) is 5.73 Å². The second-order valence-corrected chi connectivity index (χ2v) is 4.37. The van der Waals surface area contributed by atoms with Crippen LogP contribution in [-0.2, 0) is 0 Å². The second-order valence-electron chi connectivity index (χ2n) is 2.54. The number of nitrogen functional groups attached to an aromatic ring is 1. The van der Waals surface area contributed by atoms with Gasteiger partial charge in [-0.2, -0.15) is 0 Å². The molecule has 0 aliphatic heterocycles. The lowest BCUT2D eigenvalue weighted by Gasteiger charge is -1.99. The summed E-state index contributed by atoms with van der Waals surface area (Å²) in [6.07, 6.45) is 1.94. The van der Waals surface area contributed by atoms with Crippen LogP contribution in [0.1, 0.15) is 9.67 Å². The van der Waals surface area contributed by atoms with Crippen LogP contribution in [0.4, 0.5) is 10.7 Å². The van der Waals surface area contributed by atoms with Crippen molar-refractivity contribution >= 4 is 39.7 Å². The lowest BCUT2D eigenvalue weighted by Crippen LogP contribution is -2.17. The first-order valence-electron chi connectivity index (χ1n) is 4.01. The molecule has 0 radical (unpaired) electrons. The smallest absolute Gasteiger partial charge is 0.263 e. The van der Waals surface area contributed by atoms with Gasteiger partial charge in [0.25, 0.3) is 5.91 Å². The van der Waals surface area contributed by atoms with Crippen LogP contribution in [0.5, 0.6) is 0 Å². The number of carbonyl (C=O) groups is 1. The molecule has 0 bridgehead atoms. The number of thioether (sulfide) groups is 1. The van der Waals surface area contributed by atoms with Crippen LogP contribution in [-0.4, -0.2) is 26.3 Å². The first-order chi connectivity index (χ1) is 6.65. The average molecular weight is 231 g/mol. The van der Waals surface area contributed by atoms with Gasteiger partial charge in [-0.3, -0.25) is 4.79 Å². The molecule has 0 fully saturated rings. The number of anilines is 2. The zero-order chi connectivity index (χ0) is 10.7. The van der Waals surface area contributed by atoms with Crippen molar-refractivity contribution in [2.75, 3.05) is 31.4 Å². The molecule has 1 amide bonds. The number of thiophene rings is 1. The molecule has 4 nitrogen and oxygen atoms in total. The van der Waals surface area contributed by atoms with Crippen LogP contribution < -0.4 is 16.4 Å². The minimum atomic E-state index is -0.135. The van der Waals surface area contributed by atoms with Crippen LogP contribution in [0, 0.1) is 0 Å². The molecule has 0 unspecified atom stereocenters. The third kappa shape index (κ3) is 1.80. The molecule has 0 spiro atoms. The van der Waals surface area contributed by atoms with Crippen LogP contribution in [0.25, 0.3) is 0 Å². The van der Waals surface area contributed by atoms with Crippen molar-refractivity contribution in [2.45, 2.75) is 4.90 Å². The fourth-order valence-corrected chi connectivity index (χ4v) is 3.04. The molecule has 0 aliphatic rings. The van der Waals surface area contributed by atoms with Gasteiger partial charge in [-0.05, 0) is 6.26 Å². The molecule has 1 aromatic rings. The van der Waals surface area contributed by atoms with Crippen molar-refractivity contribution in [3.63, 3.8) is 0 Å². The lowest BCUT2D eigenvalue weighted by molar-refractivity contribution is 0.0968. The maximum absolute atomic E-state index is 11.4. The van der Waals surface area contributed by atoms with E-state index in [2.05, 4.69) is 10.6 Å². The highest BCUT2D eigenvalue weighted by atomic mass is 32.2. The molecular weight excluding hydrogens is 218 g/mol. The van der Waals surface area contributed by atoms with Crippen molar-refractivity contribution < 1.29 is 4.79 Å². The molecule has 1 rings (SSSR count). The predicted molar refractivity (Wildman–Crippen MR) is 63.4 cm³/mol. The fraction of sp³-hybridized carbons (Fsp3) is 0.375. The summed E-state index contributed by atoms with van der Waals surface area (Å²) >= 11 is 2.91. The zero-order valence-electron chi connectivity index (χ0n) is 8.30. The topological polar surface area (TPSA) is 67.2 Å². The molecule has 78 valence electrons. The van der Waals surface area contributed by atoms with Gasteiger partial charge in [-0.15, -0.1) is 23.1 Å².